The van der Waals surface area contributed by atoms with E-state index in [1.807, 2.05) is 6.07 Å². The zero-order valence-corrected chi connectivity index (χ0v) is 13.0. The standard InChI is InChI=1S/C17H17NO3S/c1-2-16(19)17(14-10-8-13(12-18)9-11-14)22(20,21)15-6-4-3-5-7-15/h3-11,16-17,19H,2H2,1H3. The van der Waals surface area contributed by atoms with Crippen LogP contribution in [0.3, 0.4) is 0 Å². The highest BCUT2D eigenvalue weighted by Crippen LogP contribution is 2.33. The Hall–Kier alpha value is -2.16. The van der Waals surface area contributed by atoms with Gasteiger partial charge in [-0.2, -0.15) is 5.26 Å². The maximum Gasteiger partial charge on any atom is 0.187 e. The van der Waals surface area contributed by atoms with Crippen LogP contribution in [0.1, 0.15) is 29.7 Å². The average Bonchev–Trinajstić information content (AvgIpc) is 2.56. The normalized spacial score (nSPS) is 14.0. The monoisotopic (exact) mass is 315 g/mol. The molecule has 4 nitrogen and oxygen atoms in total. The quantitative estimate of drug-likeness (QED) is 0.920. The summed E-state index contributed by atoms with van der Waals surface area (Å²) in [6.07, 6.45) is -0.699. The van der Waals surface area contributed by atoms with Crippen molar-refractivity contribution in [3.63, 3.8) is 0 Å². The first-order valence-electron chi connectivity index (χ1n) is 6.97. The summed E-state index contributed by atoms with van der Waals surface area (Å²) in [4.78, 5) is 0.178. The molecule has 0 radical (unpaired) electrons. The Morgan fingerprint density at radius 3 is 2.18 bits per heavy atom. The van der Waals surface area contributed by atoms with Gasteiger partial charge in [0, 0.05) is 0 Å². The molecule has 2 rings (SSSR count). The number of aliphatic hydroxyl groups excluding tert-OH is 1. The van der Waals surface area contributed by atoms with E-state index in [0.717, 1.165) is 0 Å². The van der Waals surface area contributed by atoms with Gasteiger partial charge in [0.05, 0.1) is 22.6 Å². The molecule has 1 N–H and O–H groups in total. The molecule has 0 aromatic heterocycles. The summed E-state index contributed by atoms with van der Waals surface area (Å²) < 4.78 is 25.7. The molecule has 0 aliphatic heterocycles. The second-order valence-corrected chi connectivity index (χ2v) is 7.06. The molecular formula is C17H17NO3S. The Balaban J connectivity index is 2.53. The summed E-state index contributed by atoms with van der Waals surface area (Å²) in [6, 6.07) is 16.4. The second kappa shape index (κ2) is 6.73. The Labute approximate surface area is 130 Å². The molecule has 0 bridgehead atoms. The molecule has 0 aliphatic rings. The smallest absolute Gasteiger partial charge is 0.187 e. The molecule has 0 fully saturated rings. The van der Waals surface area contributed by atoms with E-state index in [2.05, 4.69) is 0 Å². The average molecular weight is 315 g/mol. The van der Waals surface area contributed by atoms with Crippen molar-refractivity contribution in [3.8, 4) is 6.07 Å². The van der Waals surface area contributed by atoms with Crippen molar-refractivity contribution in [1.82, 2.24) is 0 Å². The maximum absolute atomic E-state index is 12.9. The van der Waals surface area contributed by atoms with E-state index in [1.54, 1.807) is 49.4 Å². The van der Waals surface area contributed by atoms with Crippen molar-refractivity contribution in [2.45, 2.75) is 29.6 Å². The fourth-order valence-corrected chi connectivity index (χ4v) is 4.28. The van der Waals surface area contributed by atoms with Crippen molar-refractivity contribution < 1.29 is 13.5 Å². The predicted molar refractivity (Wildman–Crippen MR) is 83.8 cm³/mol. The molecule has 5 heteroatoms. The van der Waals surface area contributed by atoms with Crippen LogP contribution in [-0.2, 0) is 9.84 Å². The first kappa shape index (κ1) is 16.2. The van der Waals surface area contributed by atoms with Crippen LogP contribution in [0.5, 0.6) is 0 Å². The molecule has 0 saturated carbocycles. The molecule has 2 atom stereocenters. The predicted octanol–water partition coefficient (Wildman–Crippen LogP) is 2.84. The Kier molecular flexibility index (Phi) is 4.96. The van der Waals surface area contributed by atoms with Gasteiger partial charge in [0.2, 0.25) is 0 Å². The van der Waals surface area contributed by atoms with Gasteiger partial charge < -0.3 is 5.11 Å². The van der Waals surface area contributed by atoms with Crippen molar-refractivity contribution in [2.75, 3.05) is 0 Å². The van der Waals surface area contributed by atoms with Gasteiger partial charge in [-0.05, 0) is 36.2 Å². The van der Waals surface area contributed by atoms with Crippen LogP contribution in [0.2, 0.25) is 0 Å². The molecule has 2 unspecified atom stereocenters. The van der Waals surface area contributed by atoms with E-state index in [0.29, 0.717) is 17.5 Å². The van der Waals surface area contributed by atoms with Crippen LogP contribution in [0.15, 0.2) is 59.5 Å². The number of hydrogen-bond donors (Lipinski definition) is 1. The summed E-state index contributed by atoms with van der Waals surface area (Å²) >= 11 is 0. The first-order chi connectivity index (χ1) is 10.5. The molecule has 0 saturated heterocycles. The van der Waals surface area contributed by atoms with Gasteiger partial charge in [0.1, 0.15) is 5.25 Å². The Morgan fingerprint density at radius 2 is 1.68 bits per heavy atom. The molecule has 0 heterocycles. The summed E-state index contributed by atoms with van der Waals surface area (Å²) in [6.45, 7) is 1.74. The minimum absolute atomic E-state index is 0.178. The molecule has 0 amide bonds. The number of aliphatic hydroxyl groups is 1. The molecule has 114 valence electrons. The van der Waals surface area contributed by atoms with Crippen LogP contribution in [0.25, 0.3) is 0 Å². The lowest BCUT2D eigenvalue weighted by Crippen LogP contribution is -2.26. The third kappa shape index (κ3) is 3.19. The number of benzene rings is 2. The third-order valence-corrected chi connectivity index (χ3v) is 5.73. The molecule has 0 aliphatic carbocycles. The van der Waals surface area contributed by atoms with Crippen LogP contribution in [0, 0.1) is 11.3 Å². The molecule has 2 aromatic carbocycles. The van der Waals surface area contributed by atoms with E-state index in [4.69, 9.17) is 5.26 Å². The lowest BCUT2D eigenvalue weighted by Gasteiger charge is -2.23. The van der Waals surface area contributed by atoms with Crippen molar-refractivity contribution in [1.29, 1.82) is 5.26 Å². The number of hydrogen-bond acceptors (Lipinski definition) is 4. The van der Waals surface area contributed by atoms with Gasteiger partial charge in [-0.1, -0.05) is 37.3 Å². The van der Waals surface area contributed by atoms with E-state index >= 15 is 0 Å². The zero-order chi connectivity index (χ0) is 16.2. The molecule has 2 aromatic rings. The summed E-state index contributed by atoms with van der Waals surface area (Å²) in [7, 11) is -3.72. The Morgan fingerprint density at radius 1 is 1.09 bits per heavy atom. The summed E-state index contributed by atoms with van der Waals surface area (Å²) in [5.74, 6) is 0. The van der Waals surface area contributed by atoms with Gasteiger partial charge in [-0.3, -0.25) is 0 Å². The first-order valence-corrected chi connectivity index (χ1v) is 8.52. The molecule has 22 heavy (non-hydrogen) atoms. The van der Waals surface area contributed by atoms with Gasteiger partial charge in [0.15, 0.2) is 9.84 Å². The lowest BCUT2D eigenvalue weighted by atomic mass is 10.0. The van der Waals surface area contributed by atoms with E-state index in [9.17, 15) is 13.5 Å². The second-order valence-electron chi connectivity index (χ2n) is 4.99. The summed E-state index contributed by atoms with van der Waals surface area (Å²) in [5, 5.41) is 18.0. The topological polar surface area (TPSA) is 78.2 Å². The van der Waals surface area contributed by atoms with Crippen molar-refractivity contribution in [2.24, 2.45) is 0 Å². The van der Waals surface area contributed by atoms with Crippen molar-refractivity contribution in [3.05, 3.63) is 65.7 Å². The lowest BCUT2D eigenvalue weighted by molar-refractivity contribution is 0.164. The van der Waals surface area contributed by atoms with Crippen LogP contribution < -0.4 is 0 Å². The highest BCUT2D eigenvalue weighted by Gasteiger charge is 2.34. The van der Waals surface area contributed by atoms with Crippen LogP contribution in [0.4, 0.5) is 0 Å². The third-order valence-electron chi connectivity index (χ3n) is 3.54. The molecular weight excluding hydrogens is 298 g/mol. The van der Waals surface area contributed by atoms with Crippen LogP contribution in [-0.4, -0.2) is 19.6 Å². The fraction of sp³-hybridized carbons (Fsp3) is 0.235. The van der Waals surface area contributed by atoms with Crippen LogP contribution >= 0.6 is 0 Å². The van der Waals surface area contributed by atoms with E-state index in [1.165, 1.54) is 12.1 Å². The fourth-order valence-electron chi connectivity index (χ4n) is 2.33. The number of rotatable bonds is 5. The number of nitriles is 1. The van der Waals surface area contributed by atoms with Gasteiger partial charge in [-0.15, -0.1) is 0 Å². The zero-order valence-electron chi connectivity index (χ0n) is 12.2. The van der Waals surface area contributed by atoms with E-state index < -0.39 is 21.2 Å². The minimum Gasteiger partial charge on any atom is -0.391 e. The summed E-state index contributed by atoms with van der Waals surface area (Å²) in [5.41, 5.74) is 0.933. The van der Waals surface area contributed by atoms with Gasteiger partial charge in [-0.25, -0.2) is 8.42 Å². The molecule has 0 spiro atoms. The highest BCUT2D eigenvalue weighted by atomic mass is 32.2. The van der Waals surface area contributed by atoms with Gasteiger partial charge in [0.25, 0.3) is 0 Å². The Bertz CT molecular complexity index is 762. The van der Waals surface area contributed by atoms with Crippen molar-refractivity contribution >= 4 is 9.84 Å². The SMILES string of the molecule is CCC(O)C(c1ccc(C#N)cc1)S(=O)(=O)c1ccccc1. The minimum atomic E-state index is -3.72. The number of nitrogens with zero attached hydrogens (tertiary/aromatic N) is 1. The van der Waals surface area contributed by atoms with Gasteiger partial charge >= 0.3 is 0 Å². The maximum atomic E-state index is 12.9. The van der Waals surface area contributed by atoms with E-state index in [-0.39, 0.29) is 4.90 Å². The highest BCUT2D eigenvalue weighted by molar-refractivity contribution is 7.91. The number of sulfone groups is 1. The largest absolute Gasteiger partial charge is 0.391 e.